The van der Waals surface area contributed by atoms with E-state index in [0.717, 1.165) is 6.07 Å². The predicted octanol–water partition coefficient (Wildman–Crippen LogP) is -0.351. The van der Waals surface area contributed by atoms with E-state index in [1.54, 1.807) is 0 Å². The summed E-state index contributed by atoms with van der Waals surface area (Å²) in [6.07, 6.45) is -0.541. The number of nitrogens with one attached hydrogen (secondary N) is 1. The van der Waals surface area contributed by atoms with Crippen LogP contribution < -0.4 is 15.8 Å². The Balaban J connectivity index is 2.52. The Morgan fingerprint density at radius 2 is 2.00 bits per heavy atom. The Morgan fingerprint density at radius 1 is 1.35 bits per heavy atom. The molecule has 0 spiro atoms. The second kappa shape index (κ2) is 7.07. The van der Waals surface area contributed by atoms with Gasteiger partial charge < -0.3 is 20.9 Å². The number of carboxylic acid groups (broad SMARTS) is 1. The van der Waals surface area contributed by atoms with Crippen molar-refractivity contribution in [3.8, 4) is 5.75 Å². The fourth-order valence-electron chi connectivity index (χ4n) is 1.34. The molecule has 0 fully saturated rings. The number of carbonyl (C=O) groups excluding carboxylic acids is 2. The second-order valence-electron chi connectivity index (χ2n) is 3.85. The van der Waals surface area contributed by atoms with Crippen LogP contribution in [0.3, 0.4) is 0 Å². The van der Waals surface area contributed by atoms with Crippen LogP contribution in [0.1, 0.15) is 6.42 Å². The molecule has 108 valence electrons. The van der Waals surface area contributed by atoms with Gasteiger partial charge in [0.1, 0.15) is 6.04 Å². The maximum Gasteiger partial charge on any atom is 0.326 e. The van der Waals surface area contributed by atoms with E-state index in [1.165, 1.54) is 18.2 Å². The number of carbonyl (C=O) groups is 3. The molecule has 4 N–H and O–H groups in total. The van der Waals surface area contributed by atoms with Crippen LogP contribution in [0.2, 0.25) is 0 Å². The van der Waals surface area contributed by atoms with Gasteiger partial charge in [0.2, 0.25) is 5.91 Å². The Bertz CT molecular complexity index is 520. The van der Waals surface area contributed by atoms with Crippen molar-refractivity contribution >= 4 is 17.8 Å². The lowest BCUT2D eigenvalue weighted by Crippen LogP contribution is -2.45. The normalized spacial score (nSPS) is 11.4. The van der Waals surface area contributed by atoms with Gasteiger partial charge in [-0.3, -0.25) is 9.59 Å². The lowest BCUT2D eigenvalue weighted by atomic mass is 10.2. The van der Waals surface area contributed by atoms with E-state index in [9.17, 15) is 18.8 Å². The minimum atomic E-state index is -1.44. The standard InChI is InChI=1S/C12H13FN2O5/c13-7-3-1-2-4-9(7)20-6-11(17)15-8(12(18)19)5-10(14)16/h1-4,8H,5-6H2,(H2,14,16)(H,15,17)(H,18,19). The predicted molar refractivity (Wildman–Crippen MR) is 65.3 cm³/mol. The van der Waals surface area contributed by atoms with Crippen LogP contribution in [0.5, 0.6) is 5.75 Å². The zero-order valence-corrected chi connectivity index (χ0v) is 10.3. The molecular weight excluding hydrogens is 271 g/mol. The van der Waals surface area contributed by atoms with Gasteiger partial charge in [0.25, 0.3) is 5.91 Å². The van der Waals surface area contributed by atoms with Crippen LogP contribution in [-0.4, -0.2) is 35.5 Å². The number of primary amides is 1. The van der Waals surface area contributed by atoms with Crippen molar-refractivity contribution in [3.63, 3.8) is 0 Å². The second-order valence-corrected chi connectivity index (χ2v) is 3.85. The lowest BCUT2D eigenvalue weighted by molar-refractivity contribution is -0.143. The highest BCUT2D eigenvalue weighted by atomic mass is 19.1. The zero-order valence-electron chi connectivity index (χ0n) is 10.3. The molecule has 0 saturated heterocycles. The summed E-state index contributed by atoms with van der Waals surface area (Å²) in [5, 5.41) is 10.8. The molecule has 8 heteroatoms. The fraction of sp³-hybridized carbons (Fsp3) is 0.250. The Morgan fingerprint density at radius 3 is 2.55 bits per heavy atom. The monoisotopic (exact) mass is 284 g/mol. The van der Waals surface area contributed by atoms with E-state index in [0.29, 0.717) is 0 Å². The minimum absolute atomic E-state index is 0.135. The highest BCUT2D eigenvalue weighted by Gasteiger charge is 2.22. The van der Waals surface area contributed by atoms with Gasteiger partial charge in [-0.25, -0.2) is 9.18 Å². The fourth-order valence-corrected chi connectivity index (χ4v) is 1.34. The first-order chi connectivity index (χ1) is 9.40. The molecule has 2 amide bonds. The quantitative estimate of drug-likeness (QED) is 0.632. The number of aliphatic carboxylic acids is 1. The molecule has 20 heavy (non-hydrogen) atoms. The van der Waals surface area contributed by atoms with Gasteiger partial charge in [-0.15, -0.1) is 0 Å². The number of amides is 2. The van der Waals surface area contributed by atoms with Gasteiger partial charge in [-0.1, -0.05) is 12.1 Å². The van der Waals surface area contributed by atoms with Crippen molar-refractivity contribution < 1.29 is 28.6 Å². The van der Waals surface area contributed by atoms with Gasteiger partial charge in [-0.2, -0.15) is 0 Å². The van der Waals surface area contributed by atoms with Crippen LogP contribution in [0, 0.1) is 5.82 Å². The average Bonchev–Trinajstić information content (AvgIpc) is 2.36. The third-order valence-corrected chi connectivity index (χ3v) is 2.23. The number of benzene rings is 1. The first-order valence-corrected chi connectivity index (χ1v) is 5.58. The molecule has 1 unspecified atom stereocenters. The molecule has 0 radical (unpaired) electrons. The number of para-hydroxylation sites is 1. The van der Waals surface area contributed by atoms with Crippen molar-refractivity contribution in [1.29, 1.82) is 0 Å². The molecule has 1 rings (SSSR count). The first kappa shape index (κ1) is 15.4. The number of nitrogens with two attached hydrogens (primary N) is 1. The van der Waals surface area contributed by atoms with Crippen molar-refractivity contribution in [2.45, 2.75) is 12.5 Å². The van der Waals surface area contributed by atoms with E-state index in [1.807, 2.05) is 0 Å². The number of carboxylic acids is 1. The summed E-state index contributed by atoms with van der Waals surface area (Å²) in [5.41, 5.74) is 4.86. The van der Waals surface area contributed by atoms with Gasteiger partial charge in [-0.05, 0) is 12.1 Å². The van der Waals surface area contributed by atoms with Crippen molar-refractivity contribution in [3.05, 3.63) is 30.1 Å². The molecule has 0 aliphatic rings. The summed E-state index contributed by atoms with van der Waals surface area (Å²) in [5.74, 6) is -3.85. The summed E-state index contributed by atoms with van der Waals surface area (Å²) in [6.45, 7) is -0.580. The maximum atomic E-state index is 13.2. The molecule has 0 aromatic heterocycles. The number of ether oxygens (including phenoxy) is 1. The van der Waals surface area contributed by atoms with Crippen LogP contribution in [-0.2, 0) is 14.4 Å². The van der Waals surface area contributed by atoms with Crippen LogP contribution in [0.4, 0.5) is 4.39 Å². The third-order valence-electron chi connectivity index (χ3n) is 2.23. The Hall–Kier alpha value is -2.64. The highest BCUT2D eigenvalue weighted by Crippen LogP contribution is 2.14. The smallest absolute Gasteiger partial charge is 0.326 e. The van der Waals surface area contributed by atoms with Gasteiger partial charge in [0.05, 0.1) is 6.42 Å². The van der Waals surface area contributed by atoms with Gasteiger partial charge in [0, 0.05) is 0 Å². The molecular formula is C12H13FN2O5. The van der Waals surface area contributed by atoms with Crippen LogP contribution >= 0.6 is 0 Å². The largest absolute Gasteiger partial charge is 0.481 e. The topological polar surface area (TPSA) is 119 Å². The Labute approximate surface area is 113 Å². The average molecular weight is 284 g/mol. The lowest BCUT2D eigenvalue weighted by Gasteiger charge is -2.13. The van der Waals surface area contributed by atoms with Gasteiger partial charge >= 0.3 is 5.97 Å². The molecule has 1 aromatic rings. The maximum absolute atomic E-state index is 13.2. The van der Waals surface area contributed by atoms with E-state index in [4.69, 9.17) is 15.6 Å². The summed E-state index contributed by atoms with van der Waals surface area (Å²) in [6, 6.07) is 4.00. The summed E-state index contributed by atoms with van der Waals surface area (Å²) < 4.78 is 18.1. The number of hydrogen-bond acceptors (Lipinski definition) is 4. The van der Waals surface area contributed by atoms with Crippen LogP contribution in [0.25, 0.3) is 0 Å². The highest BCUT2D eigenvalue weighted by molar-refractivity contribution is 5.88. The SMILES string of the molecule is NC(=O)CC(NC(=O)COc1ccccc1F)C(=O)O. The molecule has 7 nitrogen and oxygen atoms in total. The summed E-state index contributed by atoms with van der Waals surface area (Å²) in [7, 11) is 0. The molecule has 0 aliphatic carbocycles. The van der Waals surface area contributed by atoms with Crippen molar-refractivity contribution in [1.82, 2.24) is 5.32 Å². The number of rotatable bonds is 7. The number of halogens is 1. The van der Waals surface area contributed by atoms with Crippen molar-refractivity contribution in [2.24, 2.45) is 5.73 Å². The summed E-state index contributed by atoms with van der Waals surface area (Å²) in [4.78, 5) is 32.9. The molecule has 0 bridgehead atoms. The molecule has 0 heterocycles. The zero-order chi connectivity index (χ0) is 15.1. The van der Waals surface area contributed by atoms with Gasteiger partial charge in [0.15, 0.2) is 18.2 Å². The minimum Gasteiger partial charge on any atom is -0.481 e. The van der Waals surface area contributed by atoms with E-state index < -0.39 is 42.7 Å². The summed E-state index contributed by atoms with van der Waals surface area (Å²) >= 11 is 0. The number of hydrogen-bond donors (Lipinski definition) is 3. The van der Waals surface area contributed by atoms with Crippen molar-refractivity contribution in [2.75, 3.05) is 6.61 Å². The van der Waals surface area contributed by atoms with E-state index >= 15 is 0 Å². The molecule has 1 aromatic carbocycles. The molecule has 0 saturated carbocycles. The molecule has 0 aliphatic heterocycles. The van der Waals surface area contributed by atoms with E-state index in [2.05, 4.69) is 5.32 Å². The first-order valence-electron chi connectivity index (χ1n) is 5.58. The van der Waals surface area contributed by atoms with E-state index in [-0.39, 0.29) is 5.75 Å². The van der Waals surface area contributed by atoms with Crippen LogP contribution in [0.15, 0.2) is 24.3 Å². The molecule has 1 atom stereocenters. The third kappa shape index (κ3) is 4.92. The Kier molecular flexibility index (Phi) is 5.45.